The molecule has 2 aromatic rings. The molecule has 1 saturated heterocycles. The first-order chi connectivity index (χ1) is 10.4. The van der Waals surface area contributed by atoms with Crippen LogP contribution in [0.4, 0.5) is 0 Å². The second-order valence-electron chi connectivity index (χ2n) is 6.58. The van der Waals surface area contributed by atoms with Gasteiger partial charge in [0, 0.05) is 18.0 Å². The van der Waals surface area contributed by atoms with E-state index >= 15 is 0 Å². The van der Waals surface area contributed by atoms with Crippen molar-refractivity contribution in [2.24, 2.45) is 5.92 Å². The molecule has 0 radical (unpaired) electrons. The van der Waals surface area contributed by atoms with E-state index in [2.05, 4.69) is 66.0 Å². The van der Waals surface area contributed by atoms with Gasteiger partial charge in [-0.05, 0) is 29.9 Å². The molecule has 2 atom stereocenters. The van der Waals surface area contributed by atoms with Crippen LogP contribution in [-0.4, -0.2) is 12.6 Å². The summed E-state index contributed by atoms with van der Waals surface area (Å²) in [6.45, 7) is 1.08. The molecular weight excluding hydrogens is 254 g/mol. The standard InChI is InChI=1S/C20H23N/c1-3-9-16(10-4-1)20(17-11-5-2-6-12-17)15-21-19-14-8-7-13-18(19)20/h1-6,9-12,18-19,21H,7-8,13-15H2/t18-,19+/m1/s1. The summed E-state index contributed by atoms with van der Waals surface area (Å²) in [7, 11) is 0. The molecule has 0 bridgehead atoms. The zero-order valence-corrected chi connectivity index (χ0v) is 12.5. The number of fused-ring (bicyclic) bond motifs is 1. The predicted octanol–water partition coefficient (Wildman–Crippen LogP) is 4.13. The van der Waals surface area contributed by atoms with Crippen LogP contribution in [0.3, 0.4) is 0 Å². The van der Waals surface area contributed by atoms with Crippen LogP contribution >= 0.6 is 0 Å². The lowest BCUT2D eigenvalue weighted by Gasteiger charge is -2.39. The second kappa shape index (κ2) is 5.31. The van der Waals surface area contributed by atoms with Gasteiger partial charge in [-0.15, -0.1) is 0 Å². The largest absolute Gasteiger partial charge is 0.312 e. The van der Waals surface area contributed by atoms with Gasteiger partial charge in [0.2, 0.25) is 0 Å². The maximum Gasteiger partial charge on any atom is 0.0370 e. The van der Waals surface area contributed by atoms with Gasteiger partial charge >= 0.3 is 0 Å². The Hall–Kier alpha value is -1.60. The van der Waals surface area contributed by atoms with Crippen LogP contribution in [0, 0.1) is 5.92 Å². The van der Waals surface area contributed by atoms with Crippen LogP contribution in [0.25, 0.3) is 0 Å². The van der Waals surface area contributed by atoms with Crippen LogP contribution in [0.15, 0.2) is 60.7 Å². The van der Waals surface area contributed by atoms with Crippen LogP contribution in [0.1, 0.15) is 36.8 Å². The van der Waals surface area contributed by atoms with Crippen molar-refractivity contribution in [1.82, 2.24) is 5.32 Å². The molecule has 2 aromatic carbocycles. The van der Waals surface area contributed by atoms with E-state index in [1.807, 2.05) is 0 Å². The predicted molar refractivity (Wildman–Crippen MR) is 87.4 cm³/mol. The summed E-state index contributed by atoms with van der Waals surface area (Å²) in [5, 5.41) is 3.85. The van der Waals surface area contributed by atoms with Crippen molar-refractivity contribution < 1.29 is 0 Å². The summed E-state index contributed by atoms with van der Waals surface area (Å²) in [6.07, 6.45) is 5.45. The van der Waals surface area contributed by atoms with E-state index in [0.29, 0.717) is 6.04 Å². The van der Waals surface area contributed by atoms with Crippen molar-refractivity contribution in [3.05, 3.63) is 71.8 Å². The minimum Gasteiger partial charge on any atom is -0.312 e. The number of nitrogens with one attached hydrogen (secondary N) is 1. The van der Waals surface area contributed by atoms with Gasteiger partial charge < -0.3 is 5.32 Å². The highest BCUT2D eigenvalue weighted by Gasteiger charge is 2.50. The summed E-state index contributed by atoms with van der Waals surface area (Å²) in [5.41, 5.74) is 3.13. The molecule has 108 valence electrons. The Morgan fingerprint density at radius 1 is 0.762 bits per heavy atom. The fraction of sp³-hybridized carbons (Fsp3) is 0.400. The number of hydrogen-bond donors (Lipinski definition) is 1. The monoisotopic (exact) mass is 277 g/mol. The third kappa shape index (κ3) is 2.03. The molecular formula is C20H23N. The van der Waals surface area contributed by atoms with Gasteiger partial charge in [0.1, 0.15) is 0 Å². The zero-order chi connectivity index (χ0) is 14.1. The average Bonchev–Trinajstić information content (AvgIpc) is 2.97. The highest BCUT2D eigenvalue weighted by Crippen LogP contribution is 2.49. The fourth-order valence-corrected chi connectivity index (χ4v) is 4.66. The quantitative estimate of drug-likeness (QED) is 0.870. The van der Waals surface area contributed by atoms with Crippen molar-refractivity contribution in [2.45, 2.75) is 37.1 Å². The molecule has 2 fully saturated rings. The van der Waals surface area contributed by atoms with Crippen molar-refractivity contribution in [1.29, 1.82) is 0 Å². The van der Waals surface area contributed by atoms with Gasteiger partial charge in [0.25, 0.3) is 0 Å². The minimum atomic E-state index is 0.160. The Balaban J connectivity index is 1.87. The number of benzene rings is 2. The number of rotatable bonds is 2. The maximum absolute atomic E-state index is 3.85. The molecule has 2 aliphatic rings. The SMILES string of the molecule is c1ccc(C2(c3ccccc3)CN[C@H]3CCCC[C@H]32)cc1. The molecule has 4 rings (SSSR count). The zero-order valence-electron chi connectivity index (χ0n) is 12.5. The molecule has 1 nitrogen and oxygen atoms in total. The van der Waals surface area contributed by atoms with Crippen LogP contribution in [0.2, 0.25) is 0 Å². The normalized spacial score (nSPS) is 27.2. The fourth-order valence-electron chi connectivity index (χ4n) is 4.66. The first-order valence-electron chi connectivity index (χ1n) is 8.26. The summed E-state index contributed by atoms with van der Waals surface area (Å²) < 4.78 is 0. The topological polar surface area (TPSA) is 12.0 Å². The third-order valence-electron chi connectivity index (χ3n) is 5.62. The van der Waals surface area contributed by atoms with E-state index in [4.69, 9.17) is 0 Å². The van der Waals surface area contributed by atoms with E-state index in [1.165, 1.54) is 36.8 Å². The summed E-state index contributed by atoms with van der Waals surface area (Å²) in [5.74, 6) is 0.732. The maximum atomic E-state index is 3.85. The van der Waals surface area contributed by atoms with Crippen molar-refractivity contribution in [3.8, 4) is 0 Å². The van der Waals surface area contributed by atoms with E-state index in [-0.39, 0.29) is 5.41 Å². The van der Waals surface area contributed by atoms with Gasteiger partial charge in [-0.3, -0.25) is 0 Å². The van der Waals surface area contributed by atoms with Crippen molar-refractivity contribution >= 4 is 0 Å². The molecule has 0 amide bonds. The van der Waals surface area contributed by atoms with Gasteiger partial charge in [-0.1, -0.05) is 73.5 Å². The Morgan fingerprint density at radius 3 is 1.95 bits per heavy atom. The molecule has 1 saturated carbocycles. The summed E-state index contributed by atoms with van der Waals surface area (Å²) in [4.78, 5) is 0. The van der Waals surface area contributed by atoms with Crippen molar-refractivity contribution in [3.63, 3.8) is 0 Å². The van der Waals surface area contributed by atoms with Crippen LogP contribution in [0.5, 0.6) is 0 Å². The highest BCUT2D eigenvalue weighted by molar-refractivity contribution is 5.43. The molecule has 0 aromatic heterocycles. The van der Waals surface area contributed by atoms with Gasteiger partial charge in [0.05, 0.1) is 0 Å². The second-order valence-corrected chi connectivity index (χ2v) is 6.58. The first kappa shape index (κ1) is 13.1. The lowest BCUT2D eigenvalue weighted by molar-refractivity contribution is 0.267. The van der Waals surface area contributed by atoms with E-state index < -0.39 is 0 Å². The minimum absolute atomic E-state index is 0.160. The molecule has 21 heavy (non-hydrogen) atoms. The lowest BCUT2D eigenvalue weighted by Crippen LogP contribution is -2.39. The molecule has 1 N–H and O–H groups in total. The van der Waals surface area contributed by atoms with E-state index in [9.17, 15) is 0 Å². The van der Waals surface area contributed by atoms with E-state index in [0.717, 1.165) is 12.5 Å². The summed E-state index contributed by atoms with van der Waals surface area (Å²) in [6, 6.07) is 23.0. The Morgan fingerprint density at radius 2 is 1.33 bits per heavy atom. The van der Waals surface area contributed by atoms with Gasteiger partial charge in [-0.25, -0.2) is 0 Å². The lowest BCUT2D eigenvalue weighted by atomic mass is 9.63. The smallest absolute Gasteiger partial charge is 0.0370 e. The Kier molecular flexibility index (Phi) is 3.31. The van der Waals surface area contributed by atoms with E-state index in [1.54, 1.807) is 0 Å². The molecule has 0 unspecified atom stereocenters. The Bertz CT molecular complexity index is 550. The number of hydrogen-bond acceptors (Lipinski definition) is 1. The molecule has 1 aliphatic carbocycles. The van der Waals surface area contributed by atoms with Gasteiger partial charge in [-0.2, -0.15) is 0 Å². The summed E-state index contributed by atoms with van der Waals surface area (Å²) >= 11 is 0. The molecule has 1 aliphatic heterocycles. The van der Waals surface area contributed by atoms with Crippen molar-refractivity contribution in [2.75, 3.05) is 6.54 Å². The third-order valence-corrected chi connectivity index (χ3v) is 5.62. The Labute approximate surface area is 127 Å². The molecule has 1 heteroatoms. The van der Waals surface area contributed by atoms with Crippen LogP contribution < -0.4 is 5.32 Å². The first-order valence-corrected chi connectivity index (χ1v) is 8.26. The highest BCUT2D eigenvalue weighted by atomic mass is 15.0. The van der Waals surface area contributed by atoms with Gasteiger partial charge in [0.15, 0.2) is 0 Å². The average molecular weight is 277 g/mol. The van der Waals surface area contributed by atoms with Crippen LogP contribution in [-0.2, 0) is 5.41 Å². The molecule has 1 heterocycles. The molecule has 0 spiro atoms.